The van der Waals surface area contributed by atoms with Crippen LogP contribution in [0.25, 0.3) is 0 Å². The van der Waals surface area contributed by atoms with E-state index in [2.05, 4.69) is 40.7 Å². The number of hydrogen-bond donors (Lipinski definition) is 6. The van der Waals surface area contributed by atoms with Gasteiger partial charge in [0.25, 0.3) is 0 Å². The summed E-state index contributed by atoms with van der Waals surface area (Å²) in [5.74, 6) is -1.18. The summed E-state index contributed by atoms with van der Waals surface area (Å²) in [5.41, 5.74) is -2.26. The van der Waals surface area contributed by atoms with Gasteiger partial charge in [0.15, 0.2) is 0 Å². The van der Waals surface area contributed by atoms with Crippen molar-refractivity contribution in [3.8, 4) is 0 Å². The van der Waals surface area contributed by atoms with Gasteiger partial charge >= 0.3 is 5.97 Å². The van der Waals surface area contributed by atoms with Gasteiger partial charge in [-0.1, -0.05) is 46.3 Å². The Morgan fingerprint density at radius 1 is 0.919 bits per heavy atom. The quantitative estimate of drug-likeness (QED) is 0.314. The Bertz CT molecular complexity index is 986. The summed E-state index contributed by atoms with van der Waals surface area (Å²) >= 11 is 0. The highest BCUT2D eigenvalue weighted by Gasteiger charge is 2.72. The molecule has 0 spiro atoms. The molecule has 210 valence electrons. The summed E-state index contributed by atoms with van der Waals surface area (Å²) in [6, 6.07) is 0. The van der Waals surface area contributed by atoms with Crippen LogP contribution in [-0.2, 0) is 4.79 Å². The van der Waals surface area contributed by atoms with Crippen molar-refractivity contribution in [3.05, 3.63) is 11.6 Å². The molecule has 5 aliphatic rings. The second-order valence-electron chi connectivity index (χ2n) is 15.0. The first kappa shape index (κ1) is 27.6. The van der Waals surface area contributed by atoms with E-state index in [9.17, 15) is 35.4 Å². The van der Waals surface area contributed by atoms with Crippen LogP contribution in [0.2, 0.25) is 0 Å². The van der Waals surface area contributed by atoms with Gasteiger partial charge < -0.3 is 30.6 Å². The standard InChI is InChI=1S/C30H48O7/c1-25(2)10-11-30(24(36)37)18(12-25)17-6-7-20-26(3)13-19(33)23(35)29(15-31,16-32)21(26)8-9-27(20,4)28(17,5)14-22(30)34/h6,18-23,31-35H,7-16H2,1-5H3,(H,36,37)/t18-,19+,20-,21-,22-,23+,26+,27-,28-,30-/m1/s1. The molecule has 37 heavy (non-hydrogen) atoms. The number of carbonyl (C=O) groups is 1. The average molecular weight is 521 g/mol. The fourth-order valence-electron chi connectivity index (χ4n) is 10.9. The maximum absolute atomic E-state index is 12.8. The number of allylic oxidation sites excluding steroid dienone is 2. The van der Waals surface area contributed by atoms with E-state index in [1.54, 1.807) is 0 Å². The van der Waals surface area contributed by atoms with Crippen LogP contribution in [0.3, 0.4) is 0 Å². The molecule has 0 aromatic carbocycles. The number of aliphatic hydroxyl groups excluding tert-OH is 5. The molecule has 0 radical (unpaired) electrons. The van der Waals surface area contributed by atoms with Crippen LogP contribution in [0.1, 0.15) is 86.0 Å². The van der Waals surface area contributed by atoms with E-state index in [0.717, 1.165) is 25.7 Å². The lowest BCUT2D eigenvalue weighted by Crippen LogP contribution is -2.70. The minimum absolute atomic E-state index is 0.00467. The van der Waals surface area contributed by atoms with Crippen LogP contribution in [0.4, 0.5) is 0 Å². The number of aliphatic carboxylic acids is 1. The molecule has 6 N–H and O–H groups in total. The normalized spacial score (nSPS) is 52.1. The number of aliphatic hydroxyl groups is 5. The smallest absolute Gasteiger partial charge is 0.312 e. The first-order valence-corrected chi connectivity index (χ1v) is 14.3. The predicted octanol–water partition coefficient (Wildman–Crippen LogP) is 3.12. The molecule has 0 amide bonds. The second kappa shape index (κ2) is 8.26. The molecule has 7 nitrogen and oxygen atoms in total. The van der Waals surface area contributed by atoms with Crippen molar-refractivity contribution in [1.82, 2.24) is 0 Å². The highest BCUT2D eigenvalue weighted by Crippen LogP contribution is 2.75. The van der Waals surface area contributed by atoms with E-state index in [1.807, 2.05) is 0 Å². The zero-order valence-electron chi connectivity index (χ0n) is 23.2. The molecule has 0 aliphatic heterocycles. The summed E-state index contributed by atoms with van der Waals surface area (Å²) in [7, 11) is 0. The van der Waals surface area contributed by atoms with Crippen molar-refractivity contribution < 1.29 is 35.4 Å². The minimum atomic E-state index is -1.19. The van der Waals surface area contributed by atoms with Gasteiger partial charge in [-0.3, -0.25) is 4.79 Å². The van der Waals surface area contributed by atoms with Crippen molar-refractivity contribution in [2.45, 2.75) is 104 Å². The van der Waals surface area contributed by atoms with Crippen LogP contribution in [0.5, 0.6) is 0 Å². The zero-order valence-corrected chi connectivity index (χ0v) is 23.2. The Morgan fingerprint density at radius 3 is 2.16 bits per heavy atom. The number of fused-ring (bicyclic) bond motifs is 7. The number of carboxylic acid groups (broad SMARTS) is 1. The van der Waals surface area contributed by atoms with E-state index in [0.29, 0.717) is 25.7 Å². The fraction of sp³-hybridized carbons (Fsp3) is 0.900. The number of rotatable bonds is 3. The lowest BCUT2D eigenvalue weighted by molar-refractivity contribution is -0.260. The van der Waals surface area contributed by atoms with E-state index in [1.165, 1.54) is 5.57 Å². The molecule has 7 heteroatoms. The molecule has 0 bridgehead atoms. The Hall–Kier alpha value is -0.990. The second-order valence-corrected chi connectivity index (χ2v) is 15.0. The van der Waals surface area contributed by atoms with E-state index >= 15 is 0 Å². The maximum Gasteiger partial charge on any atom is 0.312 e. The Kier molecular flexibility index (Phi) is 6.16. The molecule has 0 saturated heterocycles. The Morgan fingerprint density at radius 2 is 1.57 bits per heavy atom. The van der Waals surface area contributed by atoms with Crippen LogP contribution in [-0.4, -0.2) is 68.1 Å². The summed E-state index contributed by atoms with van der Waals surface area (Å²) in [6.45, 7) is 10.3. The van der Waals surface area contributed by atoms with Gasteiger partial charge in [0.1, 0.15) is 5.41 Å². The van der Waals surface area contributed by atoms with Crippen molar-refractivity contribution in [1.29, 1.82) is 0 Å². The topological polar surface area (TPSA) is 138 Å². The molecule has 4 saturated carbocycles. The Balaban J connectivity index is 1.64. The maximum atomic E-state index is 12.8. The van der Waals surface area contributed by atoms with Gasteiger partial charge in [0, 0.05) is 5.41 Å². The largest absolute Gasteiger partial charge is 0.481 e. The van der Waals surface area contributed by atoms with Crippen LogP contribution in [0, 0.1) is 50.2 Å². The zero-order chi connectivity index (χ0) is 27.4. The summed E-state index contributed by atoms with van der Waals surface area (Å²) in [5, 5.41) is 65.1. The third kappa shape index (κ3) is 3.21. The number of carboxylic acids is 1. The summed E-state index contributed by atoms with van der Waals surface area (Å²) in [6.07, 6.45) is 4.08. The monoisotopic (exact) mass is 520 g/mol. The van der Waals surface area contributed by atoms with Gasteiger partial charge in [-0.15, -0.1) is 0 Å². The van der Waals surface area contributed by atoms with Crippen molar-refractivity contribution in [2.75, 3.05) is 13.2 Å². The molecular weight excluding hydrogens is 472 g/mol. The first-order chi connectivity index (χ1) is 17.1. The number of hydrogen-bond acceptors (Lipinski definition) is 6. The molecule has 4 fully saturated rings. The lowest BCUT2D eigenvalue weighted by atomic mass is 9.33. The van der Waals surface area contributed by atoms with Crippen molar-refractivity contribution in [3.63, 3.8) is 0 Å². The first-order valence-electron chi connectivity index (χ1n) is 14.3. The predicted molar refractivity (Wildman–Crippen MR) is 138 cm³/mol. The van der Waals surface area contributed by atoms with E-state index in [-0.39, 0.29) is 41.8 Å². The van der Waals surface area contributed by atoms with Crippen LogP contribution >= 0.6 is 0 Å². The molecular formula is C30H48O7. The lowest BCUT2D eigenvalue weighted by Gasteiger charge is -2.72. The molecule has 10 atom stereocenters. The molecule has 0 aromatic rings. The van der Waals surface area contributed by atoms with Crippen LogP contribution < -0.4 is 0 Å². The Labute approximate surface area is 221 Å². The van der Waals surface area contributed by atoms with Gasteiger partial charge in [0.05, 0.1) is 31.5 Å². The summed E-state index contributed by atoms with van der Waals surface area (Å²) < 4.78 is 0. The van der Waals surface area contributed by atoms with E-state index < -0.39 is 45.9 Å². The van der Waals surface area contributed by atoms with Gasteiger partial charge in [-0.25, -0.2) is 0 Å². The third-order valence-electron chi connectivity index (χ3n) is 13.2. The van der Waals surface area contributed by atoms with Crippen LogP contribution in [0.15, 0.2) is 11.6 Å². The third-order valence-corrected chi connectivity index (χ3v) is 13.2. The van der Waals surface area contributed by atoms with Crippen molar-refractivity contribution >= 4 is 5.97 Å². The molecule has 0 aromatic heterocycles. The molecule has 0 heterocycles. The molecule has 5 rings (SSSR count). The molecule has 0 unspecified atom stereocenters. The van der Waals surface area contributed by atoms with E-state index in [4.69, 9.17) is 0 Å². The van der Waals surface area contributed by atoms with Crippen molar-refractivity contribution in [2.24, 2.45) is 50.2 Å². The fourth-order valence-corrected chi connectivity index (χ4v) is 10.9. The minimum Gasteiger partial charge on any atom is -0.481 e. The van der Waals surface area contributed by atoms with Gasteiger partial charge in [-0.05, 0) is 90.8 Å². The summed E-state index contributed by atoms with van der Waals surface area (Å²) in [4.78, 5) is 12.8. The highest BCUT2D eigenvalue weighted by atomic mass is 16.4. The molecule has 5 aliphatic carbocycles. The van der Waals surface area contributed by atoms with Gasteiger partial charge in [0.2, 0.25) is 0 Å². The highest BCUT2D eigenvalue weighted by molar-refractivity contribution is 5.77. The SMILES string of the molecule is CC1(C)CC[C@]2(C(=O)O)[C@H](O)C[C@]3(C)C(=CC[C@@H]4[C@]5(C)C[C@H](O)[C@H](O)C(CO)(CO)[C@@H]5CC[C@]43C)[C@H]2C1. The van der Waals surface area contributed by atoms with Gasteiger partial charge in [-0.2, -0.15) is 0 Å². The average Bonchev–Trinajstić information content (AvgIpc) is 2.80.